The summed E-state index contributed by atoms with van der Waals surface area (Å²) in [7, 11) is 0. The van der Waals surface area contributed by atoms with Crippen LogP contribution in [0.15, 0.2) is 83.9 Å². The molecule has 3 aromatic rings. The Morgan fingerprint density at radius 1 is 0.815 bits per heavy atom. The number of benzene rings is 3. The zero-order chi connectivity index (χ0) is 19.2. The number of rotatable bonds is 6. The Hall–Kier alpha value is -3.60. The van der Waals surface area contributed by atoms with E-state index >= 15 is 0 Å². The highest BCUT2D eigenvalue weighted by Gasteiger charge is 2.20. The fourth-order valence-electron chi connectivity index (χ4n) is 2.77. The highest BCUT2D eigenvalue weighted by atomic mass is 16.4. The minimum Gasteiger partial charge on any atom is -0.504 e. The average molecular weight is 361 g/mol. The molecule has 3 N–H and O–H groups in total. The fourth-order valence-corrected chi connectivity index (χ4v) is 2.77. The van der Waals surface area contributed by atoms with Crippen LogP contribution in [0.2, 0.25) is 0 Å². The lowest BCUT2D eigenvalue weighted by atomic mass is 10.0. The molecule has 0 aromatic heterocycles. The molecule has 0 bridgehead atoms. The van der Waals surface area contributed by atoms with Crippen molar-refractivity contribution < 1.29 is 20.1 Å². The van der Waals surface area contributed by atoms with Crippen LogP contribution in [-0.2, 0) is 11.2 Å². The molecule has 5 heteroatoms. The van der Waals surface area contributed by atoms with Crippen LogP contribution >= 0.6 is 0 Å². The number of aliphatic imine (C=N–C) groups is 1. The number of carbonyl (C=O) groups is 1. The third-order valence-corrected chi connectivity index (χ3v) is 4.13. The van der Waals surface area contributed by atoms with Gasteiger partial charge in [0.05, 0.1) is 5.71 Å². The SMILES string of the molecule is O=C(O)[C@@H](Cc1ccc(O)c(O)c1)N=C(c1ccccc1)c1ccccc1. The Balaban J connectivity index is 2.02. The first-order valence-electron chi connectivity index (χ1n) is 8.47. The van der Waals surface area contributed by atoms with Gasteiger partial charge in [-0.15, -0.1) is 0 Å². The lowest BCUT2D eigenvalue weighted by Crippen LogP contribution is -2.23. The summed E-state index contributed by atoms with van der Waals surface area (Å²) in [5.74, 6) is -1.60. The second-order valence-corrected chi connectivity index (χ2v) is 6.09. The van der Waals surface area contributed by atoms with Crippen LogP contribution in [0.3, 0.4) is 0 Å². The smallest absolute Gasteiger partial charge is 0.328 e. The summed E-state index contributed by atoms with van der Waals surface area (Å²) in [6.07, 6.45) is 0.0896. The van der Waals surface area contributed by atoms with E-state index in [9.17, 15) is 20.1 Å². The first kappa shape index (κ1) is 18.2. The maximum absolute atomic E-state index is 11.8. The zero-order valence-electron chi connectivity index (χ0n) is 14.5. The maximum atomic E-state index is 11.8. The monoisotopic (exact) mass is 361 g/mol. The number of nitrogens with zero attached hydrogens (tertiary/aromatic N) is 1. The van der Waals surface area contributed by atoms with Crippen LogP contribution < -0.4 is 0 Å². The summed E-state index contributed by atoms with van der Waals surface area (Å²) in [6.45, 7) is 0. The highest BCUT2D eigenvalue weighted by molar-refractivity contribution is 6.13. The molecule has 5 nitrogen and oxygen atoms in total. The van der Waals surface area contributed by atoms with E-state index in [1.807, 2.05) is 60.7 Å². The lowest BCUT2D eigenvalue weighted by Gasteiger charge is -2.13. The highest BCUT2D eigenvalue weighted by Crippen LogP contribution is 2.26. The number of hydrogen-bond donors (Lipinski definition) is 3. The van der Waals surface area contributed by atoms with Crippen LogP contribution in [0, 0.1) is 0 Å². The standard InChI is InChI=1S/C22H19NO4/c24-19-12-11-15(14-20(19)25)13-18(22(26)27)23-21(16-7-3-1-4-8-16)17-9-5-2-6-10-17/h1-12,14,18,24-25H,13H2,(H,26,27)/t18-/m1/s1. The summed E-state index contributed by atoms with van der Waals surface area (Å²) in [5, 5.41) is 28.8. The summed E-state index contributed by atoms with van der Waals surface area (Å²) < 4.78 is 0. The van der Waals surface area contributed by atoms with Crippen LogP contribution in [0.5, 0.6) is 11.5 Å². The van der Waals surface area contributed by atoms with Crippen molar-refractivity contribution in [1.82, 2.24) is 0 Å². The van der Waals surface area contributed by atoms with Crippen LogP contribution in [0.4, 0.5) is 0 Å². The van der Waals surface area contributed by atoms with Gasteiger partial charge in [-0.2, -0.15) is 0 Å². The van der Waals surface area contributed by atoms with Gasteiger partial charge in [0.25, 0.3) is 0 Å². The summed E-state index contributed by atoms with van der Waals surface area (Å²) in [4.78, 5) is 16.4. The second-order valence-electron chi connectivity index (χ2n) is 6.09. The van der Waals surface area contributed by atoms with E-state index in [1.165, 1.54) is 12.1 Å². The van der Waals surface area contributed by atoms with Gasteiger partial charge < -0.3 is 15.3 Å². The van der Waals surface area contributed by atoms with Crippen molar-refractivity contribution >= 4 is 11.7 Å². The predicted molar refractivity (Wildman–Crippen MR) is 103 cm³/mol. The Bertz CT molecular complexity index is 911. The Kier molecular flexibility index (Phi) is 5.52. The van der Waals surface area contributed by atoms with Gasteiger partial charge in [-0.25, -0.2) is 4.79 Å². The van der Waals surface area contributed by atoms with Crippen LogP contribution in [-0.4, -0.2) is 33.0 Å². The molecule has 0 amide bonds. The normalized spacial score (nSPS) is 11.6. The molecule has 0 spiro atoms. The topological polar surface area (TPSA) is 90.1 Å². The quantitative estimate of drug-likeness (QED) is 0.462. The van der Waals surface area contributed by atoms with Crippen molar-refractivity contribution in [3.8, 4) is 11.5 Å². The molecule has 0 aliphatic carbocycles. The molecule has 3 aromatic carbocycles. The largest absolute Gasteiger partial charge is 0.504 e. The van der Waals surface area contributed by atoms with Gasteiger partial charge in [0.1, 0.15) is 0 Å². The third-order valence-electron chi connectivity index (χ3n) is 4.13. The van der Waals surface area contributed by atoms with Gasteiger partial charge >= 0.3 is 5.97 Å². The van der Waals surface area contributed by atoms with Crippen molar-refractivity contribution in [3.05, 3.63) is 95.6 Å². The minimum atomic E-state index is -1.06. The Morgan fingerprint density at radius 3 is 1.85 bits per heavy atom. The number of aromatic hydroxyl groups is 2. The fraction of sp³-hybridized carbons (Fsp3) is 0.0909. The molecule has 0 aliphatic rings. The average Bonchev–Trinajstić information content (AvgIpc) is 2.69. The molecule has 1 atom stereocenters. The molecule has 27 heavy (non-hydrogen) atoms. The Morgan fingerprint density at radius 2 is 1.37 bits per heavy atom. The molecule has 0 unspecified atom stereocenters. The summed E-state index contributed by atoms with van der Waals surface area (Å²) in [6, 6.07) is 22.1. The first-order chi connectivity index (χ1) is 13.0. The number of aliphatic carboxylic acids is 1. The number of phenolic OH excluding ortho intramolecular Hbond substituents is 2. The molecule has 0 fully saturated rings. The molecule has 3 rings (SSSR count). The first-order valence-corrected chi connectivity index (χ1v) is 8.47. The molecular weight excluding hydrogens is 342 g/mol. The van der Waals surface area contributed by atoms with Gasteiger partial charge in [0, 0.05) is 17.5 Å². The second kappa shape index (κ2) is 8.19. The van der Waals surface area contributed by atoms with Gasteiger partial charge in [-0.3, -0.25) is 4.99 Å². The molecule has 0 heterocycles. The van der Waals surface area contributed by atoms with E-state index in [1.54, 1.807) is 6.07 Å². The minimum absolute atomic E-state index is 0.0896. The van der Waals surface area contributed by atoms with E-state index in [0.717, 1.165) is 11.1 Å². The summed E-state index contributed by atoms with van der Waals surface area (Å²) in [5.41, 5.74) is 2.81. The van der Waals surface area contributed by atoms with Crippen LogP contribution in [0.1, 0.15) is 16.7 Å². The van der Waals surface area contributed by atoms with Gasteiger partial charge in [-0.1, -0.05) is 66.7 Å². The molecule has 0 saturated heterocycles. The molecule has 0 aliphatic heterocycles. The van der Waals surface area contributed by atoms with E-state index < -0.39 is 12.0 Å². The molecule has 0 saturated carbocycles. The Labute approximate surface area is 156 Å². The van der Waals surface area contributed by atoms with E-state index in [4.69, 9.17) is 0 Å². The molecule has 136 valence electrons. The molecular formula is C22H19NO4. The van der Waals surface area contributed by atoms with E-state index in [-0.39, 0.29) is 17.9 Å². The van der Waals surface area contributed by atoms with Crippen molar-refractivity contribution in [2.45, 2.75) is 12.5 Å². The number of carboxylic acid groups (broad SMARTS) is 1. The maximum Gasteiger partial charge on any atom is 0.328 e. The number of phenols is 2. The third kappa shape index (κ3) is 4.52. The molecule has 0 radical (unpaired) electrons. The summed E-state index contributed by atoms with van der Waals surface area (Å²) >= 11 is 0. The van der Waals surface area contributed by atoms with Gasteiger partial charge in [-0.05, 0) is 17.7 Å². The van der Waals surface area contributed by atoms with Crippen molar-refractivity contribution in [2.75, 3.05) is 0 Å². The predicted octanol–water partition coefficient (Wildman–Crippen LogP) is 3.63. The van der Waals surface area contributed by atoms with Gasteiger partial charge in [0.2, 0.25) is 0 Å². The van der Waals surface area contributed by atoms with Crippen molar-refractivity contribution in [3.63, 3.8) is 0 Å². The lowest BCUT2D eigenvalue weighted by molar-refractivity contribution is -0.138. The van der Waals surface area contributed by atoms with E-state index in [2.05, 4.69) is 4.99 Å². The van der Waals surface area contributed by atoms with Gasteiger partial charge in [0.15, 0.2) is 17.5 Å². The van der Waals surface area contributed by atoms with E-state index in [0.29, 0.717) is 11.3 Å². The van der Waals surface area contributed by atoms with Crippen LogP contribution in [0.25, 0.3) is 0 Å². The van der Waals surface area contributed by atoms with Crippen molar-refractivity contribution in [1.29, 1.82) is 0 Å². The zero-order valence-corrected chi connectivity index (χ0v) is 14.5. The number of carboxylic acids is 1. The van der Waals surface area contributed by atoms with Crippen molar-refractivity contribution in [2.24, 2.45) is 4.99 Å². The number of hydrogen-bond acceptors (Lipinski definition) is 4.